The summed E-state index contributed by atoms with van der Waals surface area (Å²) in [5.74, 6) is -0.702. The predicted octanol–water partition coefficient (Wildman–Crippen LogP) is 1.88. The molecule has 0 aromatic carbocycles. The first-order valence-corrected chi connectivity index (χ1v) is 6.73. The molecule has 0 aliphatic carbocycles. The van der Waals surface area contributed by atoms with Gasteiger partial charge in [-0.3, -0.25) is 9.69 Å². The highest BCUT2D eigenvalue weighted by atomic mass is 16.5. The molecule has 0 radical (unpaired) electrons. The standard InChI is InChI=1S/C13H23NO3/c1-11-13(6-9-17-11,10-12(15)16)14-7-4-2-3-5-8-14/h11H,2-10H2,1H3,(H,15,16). The fraction of sp³-hybridized carbons (Fsp3) is 0.923. The lowest BCUT2D eigenvalue weighted by Gasteiger charge is -2.42. The van der Waals surface area contributed by atoms with E-state index in [1.165, 1.54) is 25.7 Å². The Morgan fingerprint density at radius 1 is 1.35 bits per heavy atom. The summed E-state index contributed by atoms with van der Waals surface area (Å²) in [5, 5.41) is 9.18. The van der Waals surface area contributed by atoms with Gasteiger partial charge in [0.25, 0.3) is 0 Å². The SMILES string of the molecule is CC1OCCC1(CC(=O)O)N1CCCCCC1. The quantitative estimate of drug-likeness (QED) is 0.819. The van der Waals surface area contributed by atoms with E-state index in [1.54, 1.807) is 0 Å². The van der Waals surface area contributed by atoms with Gasteiger partial charge in [-0.2, -0.15) is 0 Å². The molecule has 2 atom stereocenters. The third kappa shape index (κ3) is 2.63. The van der Waals surface area contributed by atoms with Crippen molar-refractivity contribution in [3.8, 4) is 0 Å². The van der Waals surface area contributed by atoms with Crippen LogP contribution in [-0.2, 0) is 9.53 Å². The third-order valence-corrected chi connectivity index (χ3v) is 4.35. The number of carboxylic acids is 1. The van der Waals surface area contributed by atoms with Crippen molar-refractivity contribution in [2.45, 2.75) is 57.1 Å². The minimum absolute atomic E-state index is 0.0386. The number of aliphatic carboxylic acids is 1. The lowest BCUT2D eigenvalue weighted by atomic mass is 9.86. The van der Waals surface area contributed by atoms with Crippen molar-refractivity contribution in [3.05, 3.63) is 0 Å². The summed E-state index contributed by atoms with van der Waals surface area (Å²) in [7, 11) is 0. The van der Waals surface area contributed by atoms with Crippen molar-refractivity contribution in [2.75, 3.05) is 19.7 Å². The minimum atomic E-state index is -0.702. The van der Waals surface area contributed by atoms with Gasteiger partial charge in [0.2, 0.25) is 0 Å². The number of likely N-dealkylation sites (tertiary alicyclic amines) is 1. The van der Waals surface area contributed by atoms with E-state index in [9.17, 15) is 9.90 Å². The molecule has 2 fully saturated rings. The van der Waals surface area contributed by atoms with Crippen LogP contribution < -0.4 is 0 Å². The number of carbonyl (C=O) groups is 1. The Kier molecular flexibility index (Phi) is 4.05. The minimum Gasteiger partial charge on any atom is -0.481 e. The van der Waals surface area contributed by atoms with Gasteiger partial charge >= 0.3 is 5.97 Å². The van der Waals surface area contributed by atoms with E-state index in [0.29, 0.717) is 6.61 Å². The van der Waals surface area contributed by atoms with Crippen molar-refractivity contribution in [1.82, 2.24) is 4.90 Å². The molecule has 2 unspecified atom stereocenters. The monoisotopic (exact) mass is 241 g/mol. The van der Waals surface area contributed by atoms with E-state index < -0.39 is 5.97 Å². The predicted molar refractivity (Wildman–Crippen MR) is 65.1 cm³/mol. The first-order chi connectivity index (χ1) is 8.15. The largest absolute Gasteiger partial charge is 0.481 e. The van der Waals surface area contributed by atoms with Crippen LogP contribution in [0.2, 0.25) is 0 Å². The molecule has 17 heavy (non-hydrogen) atoms. The number of hydrogen-bond acceptors (Lipinski definition) is 3. The van der Waals surface area contributed by atoms with Crippen molar-refractivity contribution in [1.29, 1.82) is 0 Å². The number of hydrogen-bond donors (Lipinski definition) is 1. The topological polar surface area (TPSA) is 49.8 Å². The molecule has 2 saturated heterocycles. The van der Waals surface area contributed by atoms with Gasteiger partial charge in [-0.25, -0.2) is 0 Å². The van der Waals surface area contributed by atoms with Gasteiger partial charge < -0.3 is 9.84 Å². The highest BCUT2D eigenvalue weighted by Gasteiger charge is 2.47. The zero-order chi connectivity index (χ0) is 12.3. The van der Waals surface area contributed by atoms with Crippen LogP contribution in [0.1, 0.15) is 45.4 Å². The van der Waals surface area contributed by atoms with Crippen LogP contribution in [0.25, 0.3) is 0 Å². The lowest BCUT2D eigenvalue weighted by Crippen LogP contribution is -2.55. The molecule has 4 heteroatoms. The third-order valence-electron chi connectivity index (χ3n) is 4.35. The van der Waals surface area contributed by atoms with Crippen LogP contribution in [0.4, 0.5) is 0 Å². The van der Waals surface area contributed by atoms with Gasteiger partial charge in [-0.15, -0.1) is 0 Å². The molecule has 0 bridgehead atoms. The van der Waals surface area contributed by atoms with Crippen molar-refractivity contribution in [3.63, 3.8) is 0 Å². The van der Waals surface area contributed by atoms with Gasteiger partial charge in [0, 0.05) is 6.61 Å². The zero-order valence-electron chi connectivity index (χ0n) is 10.7. The number of ether oxygens (including phenoxy) is 1. The van der Waals surface area contributed by atoms with Crippen molar-refractivity contribution in [2.24, 2.45) is 0 Å². The number of carboxylic acid groups (broad SMARTS) is 1. The van der Waals surface area contributed by atoms with Crippen LogP contribution in [0, 0.1) is 0 Å². The van der Waals surface area contributed by atoms with Crippen LogP contribution in [0.15, 0.2) is 0 Å². The van der Waals surface area contributed by atoms with Crippen LogP contribution in [0.3, 0.4) is 0 Å². The fourth-order valence-corrected chi connectivity index (χ4v) is 3.31. The molecular formula is C13H23NO3. The highest BCUT2D eigenvalue weighted by Crippen LogP contribution is 2.36. The average Bonchev–Trinajstić information content (AvgIpc) is 2.54. The second kappa shape index (κ2) is 5.36. The number of nitrogens with zero attached hydrogens (tertiary/aromatic N) is 1. The molecule has 2 heterocycles. The Balaban J connectivity index is 2.16. The molecule has 2 aliphatic rings. The summed E-state index contributed by atoms with van der Waals surface area (Å²) < 4.78 is 5.66. The summed E-state index contributed by atoms with van der Waals surface area (Å²) in [6, 6.07) is 0. The molecule has 0 saturated carbocycles. The maximum Gasteiger partial charge on any atom is 0.305 e. The summed E-state index contributed by atoms with van der Waals surface area (Å²) in [6.45, 7) is 4.79. The van der Waals surface area contributed by atoms with Crippen molar-refractivity contribution >= 4 is 5.97 Å². The first kappa shape index (κ1) is 12.8. The van der Waals surface area contributed by atoms with Crippen LogP contribution in [0.5, 0.6) is 0 Å². The summed E-state index contributed by atoms with van der Waals surface area (Å²) in [5.41, 5.74) is -0.254. The highest BCUT2D eigenvalue weighted by molar-refractivity contribution is 5.68. The summed E-state index contributed by atoms with van der Waals surface area (Å²) in [6.07, 6.45) is 6.04. The van der Waals surface area contributed by atoms with E-state index in [-0.39, 0.29) is 18.1 Å². The lowest BCUT2D eigenvalue weighted by molar-refractivity contribution is -0.141. The Labute approximate surface area is 103 Å². The second-order valence-corrected chi connectivity index (χ2v) is 5.34. The smallest absolute Gasteiger partial charge is 0.305 e. The van der Waals surface area contributed by atoms with E-state index in [0.717, 1.165) is 19.5 Å². The molecule has 2 rings (SSSR count). The molecule has 0 amide bonds. The van der Waals surface area contributed by atoms with Gasteiger partial charge in [0.05, 0.1) is 18.1 Å². The Morgan fingerprint density at radius 2 is 2.00 bits per heavy atom. The zero-order valence-corrected chi connectivity index (χ0v) is 10.7. The van der Waals surface area contributed by atoms with E-state index in [1.807, 2.05) is 6.92 Å². The average molecular weight is 241 g/mol. The van der Waals surface area contributed by atoms with Gasteiger partial charge in [0.15, 0.2) is 0 Å². The fourth-order valence-electron chi connectivity index (χ4n) is 3.31. The molecule has 0 spiro atoms. The van der Waals surface area contributed by atoms with Crippen LogP contribution >= 0.6 is 0 Å². The first-order valence-electron chi connectivity index (χ1n) is 6.73. The normalized spacial score (nSPS) is 35.7. The Bertz CT molecular complexity index is 274. The molecule has 1 N–H and O–H groups in total. The molecule has 0 aromatic rings. The van der Waals surface area contributed by atoms with Gasteiger partial charge in [-0.05, 0) is 39.3 Å². The second-order valence-electron chi connectivity index (χ2n) is 5.34. The molecule has 4 nitrogen and oxygen atoms in total. The summed E-state index contributed by atoms with van der Waals surface area (Å²) in [4.78, 5) is 13.5. The van der Waals surface area contributed by atoms with Gasteiger partial charge in [-0.1, -0.05) is 12.8 Å². The summed E-state index contributed by atoms with van der Waals surface area (Å²) >= 11 is 0. The van der Waals surface area contributed by atoms with Gasteiger partial charge in [0.1, 0.15) is 0 Å². The maximum atomic E-state index is 11.2. The molecule has 98 valence electrons. The number of rotatable bonds is 3. The molecular weight excluding hydrogens is 218 g/mol. The van der Waals surface area contributed by atoms with Crippen molar-refractivity contribution < 1.29 is 14.6 Å². The van der Waals surface area contributed by atoms with Crippen LogP contribution in [-0.4, -0.2) is 47.3 Å². The Morgan fingerprint density at radius 3 is 2.47 bits per heavy atom. The molecule has 0 aromatic heterocycles. The van der Waals surface area contributed by atoms with E-state index >= 15 is 0 Å². The molecule has 2 aliphatic heterocycles. The van der Waals surface area contributed by atoms with E-state index in [4.69, 9.17) is 4.74 Å². The van der Waals surface area contributed by atoms with E-state index in [2.05, 4.69) is 4.90 Å². The maximum absolute atomic E-state index is 11.2. The Hall–Kier alpha value is -0.610.